The molecule has 1 aliphatic heterocycles. The second-order valence-corrected chi connectivity index (χ2v) is 10.4. The molecule has 4 rings (SSSR count). The lowest BCUT2D eigenvalue weighted by atomic mass is 10.0. The van der Waals surface area contributed by atoms with Gasteiger partial charge in [0.15, 0.2) is 0 Å². The zero-order valence-corrected chi connectivity index (χ0v) is 21.1. The summed E-state index contributed by atoms with van der Waals surface area (Å²) < 4.78 is 6.92. The van der Waals surface area contributed by atoms with Crippen LogP contribution in [0, 0.1) is 6.92 Å². The first-order valence-corrected chi connectivity index (χ1v) is 12.8. The van der Waals surface area contributed by atoms with E-state index in [-0.39, 0.29) is 18.6 Å². The fraction of sp³-hybridized carbons (Fsp3) is 0.462. The number of nitrogens with one attached hydrogen (secondary N) is 1. The standard InChI is InChI=1S/C26H34N4O4S/c1-18(26(33)20-6-4-3-5-7-20)27-25(32)16-30-12-10-29(11-13-30)15-21(31)17-34-22-8-9-24-23(14-22)28-19(2)35-24/h3-9,14,18,21,26,31,33H,10-13,15-17H2,1-2H3,(H,27,32)/t18-,21-,26+/m1/s1. The molecule has 0 radical (unpaired) electrons. The van der Waals surface area contributed by atoms with E-state index in [1.54, 1.807) is 11.3 Å². The Morgan fingerprint density at radius 1 is 1.11 bits per heavy atom. The van der Waals surface area contributed by atoms with Crippen molar-refractivity contribution in [1.82, 2.24) is 20.1 Å². The Morgan fingerprint density at radius 2 is 1.83 bits per heavy atom. The molecule has 0 aliphatic carbocycles. The molecule has 1 aromatic heterocycles. The SMILES string of the molecule is Cc1nc2cc(OC[C@H](O)CN3CCN(CC(=O)N[C@H](C)[C@H](O)c4ccccc4)CC3)ccc2s1. The third-order valence-corrected chi connectivity index (χ3v) is 7.16. The summed E-state index contributed by atoms with van der Waals surface area (Å²) in [4.78, 5) is 21.3. The molecule has 1 saturated heterocycles. The van der Waals surface area contributed by atoms with Crippen molar-refractivity contribution < 1.29 is 19.7 Å². The van der Waals surface area contributed by atoms with Gasteiger partial charge in [-0.3, -0.25) is 14.6 Å². The van der Waals surface area contributed by atoms with E-state index in [9.17, 15) is 15.0 Å². The molecule has 9 heteroatoms. The molecule has 1 aliphatic rings. The molecule has 2 heterocycles. The summed E-state index contributed by atoms with van der Waals surface area (Å²) in [6.45, 7) is 7.88. The van der Waals surface area contributed by atoms with Crippen LogP contribution in [-0.2, 0) is 4.79 Å². The van der Waals surface area contributed by atoms with Crippen LogP contribution in [0.3, 0.4) is 0 Å². The summed E-state index contributed by atoms with van der Waals surface area (Å²) in [5.74, 6) is 0.617. The van der Waals surface area contributed by atoms with Crippen molar-refractivity contribution in [3.05, 3.63) is 59.1 Å². The Kier molecular flexibility index (Phi) is 8.69. The van der Waals surface area contributed by atoms with Crippen LogP contribution >= 0.6 is 11.3 Å². The Bertz CT molecular complexity index is 1100. The number of aliphatic hydroxyl groups is 2. The molecule has 1 fully saturated rings. The minimum atomic E-state index is -0.742. The van der Waals surface area contributed by atoms with Crippen LogP contribution in [-0.4, -0.2) is 88.9 Å². The number of ether oxygens (including phenoxy) is 1. The highest BCUT2D eigenvalue weighted by molar-refractivity contribution is 7.18. The maximum atomic E-state index is 12.5. The smallest absolute Gasteiger partial charge is 0.234 e. The Labute approximate surface area is 210 Å². The zero-order chi connectivity index (χ0) is 24.8. The van der Waals surface area contributed by atoms with Gasteiger partial charge in [-0.05, 0) is 31.5 Å². The Morgan fingerprint density at radius 3 is 2.57 bits per heavy atom. The number of piperazine rings is 1. The predicted molar refractivity (Wildman–Crippen MR) is 138 cm³/mol. The molecule has 3 N–H and O–H groups in total. The number of amides is 1. The summed E-state index contributed by atoms with van der Waals surface area (Å²) >= 11 is 1.65. The van der Waals surface area contributed by atoms with Gasteiger partial charge in [0.05, 0.1) is 33.9 Å². The van der Waals surface area contributed by atoms with Gasteiger partial charge in [-0.15, -0.1) is 11.3 Å². The van der Waals surface area contributed by atoms with Crippen molar-refractivity contribution in [2.75, 3.05) is 45.9 Å². The summed E-state index contributed by atoms with van der Waals surface area (Å²) in [6.07, 6.45) is -1.34. The number of thiazole rings is 1. The second kappa shape index (κ2) is 11.9. The van der Waals surface area contributed by atoms with Gasteiger partial charge in [0.2, 0.25) is 5.91 Å². The van der Waals surface area contributed by atoms with E-state index in [0.29, 0.717) is 18.8 Å². The number of carbonyl (C=O) groups excluding carboxylic acids is 1. The summed E-state index contributed by atoms with van der Waals surface area (Å²) in [5.41, 5.74) is 1.71. The molecule has 35 heavy (non-hydrogen) atoms. The van der Waals surface area contributed by atoms with E-state index in [0.717, 1.165) is 47.0 Å². The van der Waals surface area contributed by atoms with Crippen LogP contribution in [0.25, 0.3) is 10.2 Å². The topological polar surface area (TPSA) is 98.2 Å². The molecule has 0 bridgehead atoms. The maximum Gasteiger partial charge on any atom is 0.234 e. The Hall–Kier alpha value is -2.56. The van der Waals surface area contributed by atoms with Crippen LogP contribution in [0.5, 0.6) is 5.75 Å². The number of rotatable bonds is 10. The molecule has 0 spiro atoms. The molecule has 2 aromatic carbocycles. The lowest BCUT2D eigenvalue weighted by Gasteiger charge is -2.35. The van der Waals surface area contributed by atoms with E-state index in [4.69, 9.17) is 4.74 Å². The fourth-order valence-electron chi connectivity index (χ4n) is 4.31. The first-order chi connectivity index (χ1) is 16.9. The summed E-state index contributed by atoms with van der Waals surface area (Å²) in [6, 6.07) is 14.8. The first kappa shape index (κ1) is 25.5. The largest absolute Gasteiger partial charge is 0.491 e. The average Bonchev–Trinajstić information content (AvgIpc) is 3.23. The van der Waals surface area contributed by atoms with E-state index in [2.05, 4.69) is 20.1 Å². The zero-order valence-electron chi connectivity index (χ0n) is 20.3. The first-order valence-electron chi connectivity index (χ1n) is 12.0. The molecule has 0 unspecified atom stereocenters. The van der Waals surface area contributed by atoms with Crippen molar-refractivity contribution in [1.29, 1.82) is 0 Å². The van der Waals surface area contributed by atoms with Crippen LogP contribution in [0.15, 0.2) is 48.5 Å². The van der Waals surface area contributed by atoms with E-state index in [1.165, 1.54) is 0 Å². The van der Waals surface area contributed by atoms with Gasteiger partial charge in [-0.25, -0.2) is 4.98 Å². The fourth-order valence-corrected chi connectivity index (χ4v) is 5.11. The average molecular weight is 499 g/mol. The van der Waals surface area contributed by atoms with E-state index < -0.39 is 12.2 Å². The number of carbonyl (C=O) groups is 1. The Balaban J connectivity index is 1.14. The molecule has 0 saturated carbocycles. The van der Waals surface area contributed by atoms with Crippen molar-refractivity contribution >= 4 is 27.5 Å². The minimum absolute atomic E-state index is 0.0957. The van der Waals surface area contributed by atoms with Gasteiger partial charge in [0.1, 0.15) is 18.5 Å². The quantitative estimate of drug-likeness (QED) is 0.394. The van der Waals surface area contributed by atoms with Crippen molar-refractivity contribution in [3.63, 3.8) is 0 Å². The number of β-amino-alcohol motifs (C(OH)–C–C–N with tert-alkyl or cyclic N) is 1. The lowest BCUT2D eigenvalue weighted by molar-refractivity contribution is -0.124. The van der Waals surface area contributed by atoms with Crippen molar-refractivity contribution in [3.8, 4) is 5.75 Å². The third kappa shape index (κ3) is 7.22. The molecular formula is C26H34N4O4S. The van der Waals surface area contributed by atoms with E-state index >= 15 is 0 Å². The number of hydrogen-bond acceptors (Lipinski definition) is 8. The van der Waals surface area contributed by atoms with Gasteiger partial charge in [0, 0.05) is 38.8 Å². The second-order valence-electron chi connectivity index (χ2n) is 9.12. The lowest BCUT2D eigenvalue weighted by Crippen LogP contribution is -2.52. The predicted octanol–water partition coefficient (Wildman–Crippen LogP) is 2.20. The van der Waals surface area contributed by atoms with Gasteiger partial charge < -0.3 is 20.3 Å². The van der Waals surface area contributed by atoms with Crippen molar-refractivity contribution in [2.45, 2.75) is 32.1 Å². The highest BCUT2D eigenvalue weighted by atomic mass is 32.1. The minimum Gasteiger partial charge on any atom is -0.491 e. The number of nitrogens with zero attached hydrogens (tertiary/aromatic N) is 3. The van der Waals surface area contributed by atoms with E-state index in [1.807, 2.05) is 62.4 Å². The summed E-state index contributed by atoms with van der Waals surface area (Å²) in [7, 11) is 0. The molecule has 188 valence electrons. The maximum absolute atomic E-state index is 12.5. The summed E-state index contributed by atoms with van der Waals surface area (Å²) in [5, 5.41) is 24.8. The highest BCUT2D eigenvalue weighted by Gasteiger charge is 2.23. The molecule has 8 nitrogen and oxygen atoms in total. The van der Waals surface area contributed by atoms with Crippen LogP contribution < -0.4 is 10.1 Å². The molecule has 3 aromatic rings. The highest BCUT2D eigenvalue weighted by Crippen LogP contribution is 2.25. The molecule has 1 amide bonds. The number of aromatic nitrogens is 1. The van der Waals surface area contributed by atoms with Gasteiger partial charge in [-0.2, -0.15) is 0 Å². The normalized spacial score (nSPS) is 17.7. The molecular weight excluding hydrogens is 464 g/mol. The number of hydrogen-bond donors (Lipinski definition) is 3. The third-order valence-electron chi connectivity index (χ3n) is 6.21. The van der Waals surface area contributed by atoms with Gasteiger partial charge in [0.25, 0.3) is 0 Å². The van der Waals surface area contributed by atoms with Crippen LogP contribution in [0.4, 0.5) is 0 Å². The van der Waals surface area contributed by atoms with Gasteiger partial charge >= 0.3 is 0 Å². The number of benzene rings is 2. The van der Waals surface area contributed by atoms with Crippen LogP contribution in [0.2, 0.25) is 0 Å². The monoisotopic (exact) mass is 498 g/mol. The molecule has 3 atom stereocenters. The van der Waals surface area contributed by atoms with Gasteiger partial charge in [-0.1, -0.05) is 30.3 Å². The van der Waals surface area contributed by atoms with Crippen molar-refractivity contribution in [2.24, 2.45) is 0 Å². The number of fused-ring (bicyclic) bond motifs is 1. The number of aryl methyl sites for hydroxylation is 1. The van der Waals surface area contributed by atoms with Crippen LogP contribution in [0.1, 0.15) is 23.6 Å². The number of aliphatic hydroxyl groups excluding tert-OH is 2.